The number of fused-ring (bicyclic) bond motifs is 1. The van der Waals surface area contributed by atoms with E-state index in [1.54, 1.807) is 4.40 Å². The van der Waals surface area contributed by atoms with Crippen molar-refractivity contribution in [2.24, 2.45) is 0 Å². The predicted octanol–water partition coefficient (Wildman–Crippen LogP) is 4.98. The summed E-state index contributed by atoms with van der Waals surface area (Å²) in [5, 5.41) is 0.324. The number of halogens is 4. The highest BCUT2D eigenvalue weighted by Gasteiger charge is 2.30. The molecule has 0 aliphatic rings. The SMILES string of the molecule is Cc1ccc2c(Cl)nc(-c3ccc(C(F)(F)F)cc3)n2c1. The van der Waals surface area contributed by atoms with Crippen molar-refractivity contribution in [1.82, 2.24) is 9.38 Å². The molecule has 0 spiro atoms. The average molecular weight is 311 g/mol. The maximum Gasteiger partial charge on any atom is 0.416 e. The molecule has 0 saturated carbocycles. The minimum absolute atomic E-state index is 0.324. The van der Waals surface area contributed by atoms with Gasteiger partial charge >= 0.3 is 6.18 Å². The molecule has 0 saturated heterocycles. The summed E-state index contributed by atoms with van der Waals surface area (Å²) in [5.41, 5.74) is 1.62. The molecular formula is C15H10ClF3N2. The molecule has 2 nitrogen and oxygen atoms in total. The average Bonchev–Trinajstić information content (AvgIpc) is 2.75. The Labute approximate surface area is 123 Å². The van der Waals surface area contributed by atoms with Gasteiger partial charge in [-0.2, -0.15) is 13.2 Å². The van der Waals surface area contributed by atoms with Crippen LogP contribution in [0.2, 0.25) is 5.15 Å². The molecule has 2 heterocycles. The molecule has 0 radical (unpaired) electrons. The van der Waals surface area contributed by atoms with E-state index in [0.29, 0.717) is 16.5 Å². The van der Waals surface area contributed by atoms with Crippen LogP contribution in [-0.2, 0) is 6.18 Å². The Balaban J connectivity index is 2.14. The Morgan fingerprint density at radius 3 is 2.33 bits per heavy atom. The fourth-order valence-corrected chi connectivity index (χ4v) is 2.40. The second-order valence-electron chi connectivity index (χ2n) is 4.76. The molecule has 0 unspecified atom stereocenters. The molecule has 3 rings (SSSR count). The third-order valence-electron chi connectivity index (χ3n) is 3.21. The smallest absolute Gasteiger partial charge is 0.298 e. The molecule has 2 aromatic heterocycles. The highest BCUT2D eigenvalue weighted by atomic mass is 35.5. The monoisotopic (exact) mass is 310 g/mol. The maximum atomic E-state index is 12.6. The highest BCUT2D eigenvalue weighted by Crippen LogP contribution is 2.32. The molecule has 108 valence electrons. The van der Waals surface area contributed by atoms with E-state index in [9.17, 15) is 13.2 Å². The third kappa shape index (κ3) is 2.49. The van der Waals surface area contributed by atoms with Crippen molar-refractivity contribution in [2.75, 3.05) is 0 Å². The Morgan fingerprint density at radius 2 is 1.71 bits per heavy atom. The highest BCUT2D eigenvalue weighted by molar-refractivity contribution is 6.32. The molecule has 0 atom stereocenters. The van der Waals surface area contributed by atoms with Crippen LogP contribution in [0, 0.1) is 6.92 Å². The fraction of sp³-hybridized carbons (Fsp3) is 0.133. The van der Waals surface area contributed by atoms with Crippen LogP contribution >= 0.6 is 11.6 Å². The lowest BCUT2D eigenvalue weighted by Gasteiger charge is -2.07. The number of nitrogens with zero attached hydrogens (tertiary/aromatic N) is 2. The molecule has 3 aromatic rings. The number of alkyl halides is 3. The molecule has 0 N–H and O–H groups in total. The van der Waals surface area contributed by atoms with E-state index in [-0.39, 0.29) is 0 Å². The van der Waals surface area contributed by atoms with Gasteiger partial charge in [-0.05, 0) is 30.7 Å². The Morgan fingerprint density at radius 1 is 1.05 bits per heavy atom. The van der Waals surface area contributed by atoms with Crippen LogP contribution in [0.3, 0.4) is 0 Å². The fourth-order valence-electron chi connectivity index (χ4n) is 2.17. The zero-order valence-corrected chi connectivity index (χ0v) is 11.7. The lowest BCUT2D eigenvalue weighted by Crippen LogP contribution is -2.04. The van der Waals surface area contributed by atoms with E-state index >= 15 is 0 Å². The zero-order chi connectivity index (χ0) is 15.2. The molecule has 6 heteroatoms. The van der Waals surface area contributed by atoms with E-state index in [1.165, 1.54) is 12.1 Å². The van der Waals surface area contributed by atoms with E-state index in [4.69, 9.17) is 11.6 Å². The summed E-state index contributed by atoms with van der Waals surface area (Å²) < 4.78 is 39.5. The van der Waals surface area contributed by atoms with E-state index in [2.05, 4.69) is 4.98 Å². The first-order chi connectivity index (χ1) is 9.86. The van der Waals surface area contributed by atoms with Crippen LogP contribution in [0.1, 0.15) is 11.1 Å². The largest absolute Gasteiger partial charge is 0.416 e. The number of rotatable bonds is 1. The van der Waals surface area contributed by atoms with Crippen LogP contribution < -0.4 is 0 Å². The van der Waals surface area contributed by atoms with Crippen molar-refractivity contribution in [2.45, 2.75) is 13.1 Å². The number of benzene rings is 1. The second-order valence-corrected chi connectivity index (χ2v) is 5.12. The Bertz CT molecular complexity index is 804. The first-order valence-electron chi connectivity index (χ1n) is 6.18. The number of aryl methyl sites for hydroxylation is 1. The Kier molecular flexibility index (Phi) is 3.17. The van der Waals surface area contributed by atoms with E-state index in [1.807, 2.05) is 25.3 Å². The van der Waals surface area contributed by atoms with Crippen LogP contribution in [0.4, 0.5) is 13.2 Å². The normalized spacial score (nSPS) is 12.0. The van der Waals surface area contributed by atoms with Gasteiger partial charge in [0.1, 0.15) is 5.82 Å². The number of aromatic nitrogens is 2. The van der Waals surface area contributed by atoms with Gasteiger partial charge in [-0.25, -0.2) is 4.98 Å². The number of hydrogen-bond acceptors (Lipinski definition) is 1. The van der Waals surface area contributed by atoms with Crippen LogP contribution in [0.5, 0.6) is 0 Å². The van der Waals surface area contributed by atoms with Crippen LogP contribution in [0.15, 0.2) is 42.6 Å². The van der Waals surface area contributed by atoms with Crippen molar-refractivity contribution in [1.29, 1.82) is 0 Å². The zero-order valence-electron chi connectivity index (χ0n) is 10.9. The molecule has 0 bridgehead atoms. The van der Waals surface area contributed by atoms with Crippen molar-refractivity contribution < 1.29 is 13.2 Å². The number of imidazole rings is 1. The molecule has 0 aliphatic heterocycles. The van der Waals surface area contributed by atoms with Gasteiger partial charge in [-0.15, -0.1) is 0 Å². The van der Waals surface area contributed by atoms with Crippen LogP contribution in [-0.4, -0.2) is 9.38 Å². The molecule has 0 amide bonds. The summed E-state index contributed by atoms with van der Waals surface area (Å²) in [6.45, 7) is 1.92. The quantitative estimate of drug-likeness (QED) is 0.619. The lowest BCUT2D eigenvalue weighted by atomic mass is 10.1. The molecule has 0 fully saturated rings. The van der Waals surface area contributed by atoms with Gasteiger partial charge in [0.2, 0.25) is 0 Å². The van der Waals surface area contributed by atoms with Gasteiger partial charge in [0, 0.05) is 11.8 Å². The van der Waals surface area contributed by atoms with Crippen molar-refractivity contribution in [3.63, 3.8) is 0 Å². The third-order valence-corrected chi connectivity index (χ3v) is 3.49. The van der Waals surface area contributed by atoms with Gasteiger partial charge in [-0.3, -0.25) is 4.40 Å². The summed E-state index contributed by atoms with van der Waals surface area (Å²) in [5.74, 6) is 0.521. The van der Waals surface area contributed by atoms with Gasteiger partial charge in [0.05, 0.1) is 11.1 Å². The summed E-state index contributed by atoms with van der Waals surface area (Å²) in [7, 11) is 0. The first kappa shape index (κ1) is 13.9. The molecule has 0 aliphatic carbocycles. The van der Waals surface area contributed by atoms with E-state index < -0.39 is 11.7 Å². The summed E-state index contributed by atoms with van der Waals surface area (Å²) in [4.78, 5) is 4.24. The van der Waals surface area contributed by atoms with Gasteiger partial charge in [-0.1, -0.05) is 29.8 Å². The standard InChI is InChI=1S/C15H10ClF3N2/c1-9-2-7-12-13(16)20-14(21(12)8-9)10-3-5-11(6-4-10)15(17,18)19/h2-8H,1H3. The van der Waals surface area contributed by atoms with Crippen molar-refractivity contribution in [3.8, 4) is 11.4 Å². The Hall–Kier alpha value is -2.01. The van der Waals surface area contributed by atoms with Gasteiger partial charge in [0.25, 0.3) is 0 Å². The molecule has 21 heavy (non-hydrogen) atoms. The van der Waals surface area contributed by atoms with Crippen molar-refractivity contribution in [3.05, 3.63) is 58.9 Å². The lowest BCUT2D eigenvalue weighted by molar-refractivity contribution is -0.137. The van der Waals surface area contributed by atoms with Crippen LogP contribution in [0.25, 0.3) is 16.9 Å². The van der Waals surface area contributed by atoms with Crippen molar-refractivity contribution >= 4 is 17.1 Å². The summed E-state index contributed by atoms with van der Waals surface area (Å²) >= 11 is 6.07. The van der Waals surface area contributed by atoms with Gasteiger partial charge < -0.3 is 0 Å². The number of pyridine rings is 1. The molecule has 1 aromatic carbocycles. The van der Waals surface area contributed by atoms with E-state index in [0.717, 1.165) is 23.2 Å². The first-order valence-corrected chi connectivity index (χ1v) is 6.56. The molecular weight excluding hydrogens is 301 g/mol. The minimum atomic E-state index is -4.35. The topological polar surface area (TPSA) is 17.3 Å². The second kappa shape index (κ2) is 4.77. The van der Waals surface area contributed by atoms with Gasteiger partial charge in [0.15, 0.2) is 5.15 Å². The summed E-state index contributed by atoms with van der Waals surface area (Å²) in [6.07, 6.45) is -2.50. The number of hydrogen-bond donors (Lipinski definition) is 0. The maximum absolute atomic E-state index is 12.6. The predicted molar refractivity (Wildman–Crippen MR) is 75.4 cm³/mol. The minimum Gasteiger partial charge on any atom is -0.298 e. The summed E-state index contributed by atoms with van der Waals surface area (Å²) in [6, 6.07) is 8.62.